The minimum Gasteiger partial charge on any atom is -0.444 e. The number of likely N-dealkylation sites (tertiary alicyclic amines) is 1. The molecule has 19 heavy (non-hydrogen) atoms. The number of hydrogen-bond acceptors (Lipinski definition) is 4. The highest BCUT2D eigenvalue weighted by Crippen LogP contribution is 2.20. The summed E-state index contributed by atoms with van der Waals surface area (Å²) >= 11 is 0. The van der Waals surface area contributed by atoms with E-state index in [9.17, 15) is 9.59 Å². The van der Waals surface area contributed by atoms with Crippen LogP contribution in [0.3, 0.4) is 0 Å². The van der Waals surface area contributed by atoms with E-state index in [-0.39, 0.29) is 18.4 Å². The molecule has 1 saturated heterocycles. The van der Waals surface area contributed by atoms with Gasteiger partial charge in [-0.25, -0.2) is 4.79 Å². The molecule has 1 aliphatic heterocycles. The van der Waals surface area contributed by atoms with Gasteiger partial charge in [0.15, 0.2) is 14.1 Å². The van der Waals surface area contributed by atoms with Crippen LogP contribution >= 0.6 is 0 Å². The first-order valence-corrected chi connectivity index (χ1v) is 10.0. The van der Waals surface area contributed by atoms with Crippen molar-refractivity contribution in [3.63, 3.8) is 0 Å². The molecular weight excluding hydrogens is 262 g/mol. The standard InChI is InChI=1S/C13H25NO4Si/c1-13(2,3)18-12(16)14-8-11(15)7-10(14)9-17-19(4,5)6/h10H,7-9H2,1-6H3/t10-/m0/s1. The second-order valence-corrected chi connectivity index (χ2v) is 11.4. The van der Waals surface area contributed by atoms with Crippen molar-refractivity contribution in [1.29, 1.82) is 0 Å². The van der Waals surface area contributed by atoms with Gasteiger partial charge in [0, 0.05) is 6.42 Å². The molecule has 1 atom stereocenters. The van der Waals surface area contributed by atoms with E-state index >= 15 is 0 Å². The van der Waals surface area contributed by atoms with Crippen molar-refractivity contribution in [1.82, 2.24) is 4.90 Å². The molecule has 110 valence electrons. The van der Waals surface area contributed by atoms with E-state index in [1.165, 1.54) is 4.90 Å². The zero-order valence-corrected chi connectivity index (χ0v) is 13.8. The van der Waals surface area contributed by atoms with Crippen LogP contribution in [-0.2, 0) is 14.0 Å². The van der Waals surface area contributed by atoms with Gasteiger partial charge >= 0.3 is 6.09 Å². The molecule has 0 radical (unpaired) electrons. The summed E-state index contributed by atoms with van der Waals surface area (Å²) in [5, 5.41) is 0. The lowest BCUT2D eigenvalue weighted by Crippen LogP contribution is -2.43. The lowest BCUT2D eigenvalue weighted by molar-refractivity contribution is -0.117. The Kier molecular flexibility index (Phi) is 4.79. The minimum atomic E-state index is -1.65. The van der Waals surface area contributed by atoms with Gasteiger partial charge in [-0.3, -0.25) is 9.69 Å². The van der Waals surface area contributed by atoms with Crippen molar-refractivity contribution >= 4 is 20.2 Å². The van der Waals surface area contributed by atoms with Crippen molar-refractivity contribution in [3.8, 4) is 0 Å². The summed E-state index contributed by atoms with van der Waals surface area (Å²) in [4.78, 5) is 25.1. The van der Waals surface area contributed by atoms with Gasteiger partial charge in [0.25, 0.3) is 0 Å². The van der Waals surface area contributed by atoms with Gasteiger partial charge in [0.05, 0.1) is 19.2 Å². The number of rotatable bonds is 3. The molecule has 0 bridgehead atoms. The first-order valence-electron chi connectivity index (χ1n) is 6.63. The summed E-state index contributed by atoms with van der Waals surface area (Å²) in [5.74, 6) is 0.0648. The zero-order chi connectivity index (χ0) is 14.8. The second-order valence-electron chi connectivity index (χ2n) is 6.93. The summed E-state index contributed by atoms with van der Waals surface area (Å²) < 4.78 is 11.1. The molecule has 1 fully saturated rings. The van der Waals surface area contributed by atoms with Gasteiger partial charge in [-0.15, -0.1) is 0 Å². The highest BCUT2D eigenvalue weighted by Gasteiger charge is 2.37. The molecule has 1 heterocycles. The number of amides is 1. The predicted octanol–water partition coefficient (Wildman–Crippen LogP) is 2.42. The molecule has 1 aliphatic rings. The minimum absolute atomic E-state index is 0.0648. The van der Waals surface area contributed by atoms with Crippen molar-refractivity contribution in [3.05, 3.63) is 0 Å². The first kappa shape index (κ1) is 16.2. The molecule has 0 unspecified atom stereocenters. The molecule has 5 nitrogen and oxygen atoms in total. The average molecular weight is 287 g/mol. The fourth-order valence-electron chi connectivity index (χ4n) is 1.79. The average Bonchev–Trinajstić information content (AvgIpc) is 2.53. The van der Waals surface area contributed by atoms with Gasteiger partial charge in [-0.05, 0) is 40.4 Å². The van der Waals surface area contributed by atoms with E-state index in [0.717, 1.165) is 0 Å². The summed E-state index contributed by atoms with van der Waals surface area (Å²) in [6, 6.07) is -0.186. The highest BCUT2D eigenvalue weighted by atomic mass is 28.4. The number of ether oxygens (including phenoxy) is 1. The Balaban J connectivity index is 2.64. The van der Waals surface area contributed by atoms with E-state index < -0.39 is 20.0 Å². The maximum atomic E-state index is 12.0. The van der Waals surface area contributed by atoms with Gasteiger partial charge in [0.1, 0.15) is 5.60 Å². The molecule has 0 aliphatic carbocycles. The molecule has 1 rings (SSSR count). The number of carbonyl (C=O) groups excluding carboxylic acids is 2. The maximum Gasteiger partial charge on any atom is 0.411 e. The Morgan fingerprint density at radius 1 is 1.37 bits per heavy atom. The van der Waals surface area contributed by atoms with Gasteiger partial charge < -0.3 is 9.16 Å². The Labute approximate surface area is 116 Å². The van der Waals surface area contributed by atoms with Gasteiger partial charge in [0.2, 0.25) is 0 Å². The van der Waals surface area contributed by atoms with Crippen LogP contribution in [-0.4, -0.2) is 49.9 Å². The van der Waals surface area contributed by atoms with Gasteiger partial charge in [-0.1, -0.05) is 0 Å². The van der Waals surface area contributed by atoms with E-state index in [1.54, 1.807) is 0 Å². The smallest absolute Gasteiger partial charge is 0.411 e. The first-order chi connectivity index (χ1) is 8.48. The van der Waals surface area contributed by atoms with Crippen molar-refractivity contribution < 1.29 is 18.8 Å². The molecule has 6 heteroatoms. The fourth-order valence-corrected chi connectivity index (χ4v) is 2.48. The van der Waals surface area contributed by atoms with Crippen LogP contribution in [0.2, 0.25) is 19.6 Å². The monoisotopic (exact) mass is 287 g/mol. The molecule has 0 aromatic carbocycles. The van der Waals surface area contributed by atoms with Crippen LogP contribution in [0.4, 0.5) is 4.79 Å². The van der Waals surface area contributed by atoms with Crippen molar-refractivity contribution in [2.45, 2.75) is 58.5 Å². The largest absolute Gasteiger partial charge is 0.444 e. The number of hydrogen-bond donors (Lipinski definition) is 0. The number of Topliss-reactive ketones (excluding diaryl/α,β-unsaturated/α-hetero) is 1. The fraction of sp³-hybridized carbons (Fsp3) is 0.846. The molecule has 0 spiro atoms. The van der Waals surface area contributed by atoms with E-state index in [1.807, 2.05) is 20.8 Å². The summed E-state index contributed by atoms with van der Waals surface area (Å²) in [5.41, 5.74) is -0.549. The molecule has 0 aromatic heterocycles. The van der Waals surface area contributed by atoms with E-state index in [2.05, 4.69) is 19.6 Å². The second kappa shape index (κ2) is 5.62. The van der Waals surface area contributed by atoms with Crippen LogP contribution < -0.4 is 0 Å². The Morgan fingerprint density at radius 3 is 2.42 bits per heavy atom. The quantitative estimate of drug-likeness (QED) is 0.748. The van der Waals surface area contributed by atoms with Crippen LogP contribution in [0.1, 0.15) is 27.2 Å². The summed E-state index contributed by atoms with van der Waals surface area (Å²) in [6.07, 6.45) is -0.0634. The lowest BCUT2D eigenvalue weighted by atomic mass is 10.2. The highest BCUT2D eigenvalue weighted by molar-refractivity contribution is 6.69. The maximum absolute atomic E-state index is 12.0. The number of ketones is 1. The lowest BCUT2D eigenvalue weighted by Gasteiger charge is -2.29. The van der Waals surface area contributed by atoms with E-state index in [0.29, 0.717) is 13.0 Å². The van der Waals surface area contributed by atoms with Crippen molar-refractivity contribution in [2.24, 2.45) is 0 Å². The number of carbonyl (C=O) groups is 2. The third kappa shape index (κ3) is 5.73. The SMILES string of the molecule is CC(C)(C)OC(=O)N1CC(=O)C[C@H]1CO[Si](C)(C)C. The Hall–Kier alpha value is -0.883. The normalized spacial score (nSPS) is 20.8. The predicted molar refractivity (Wildman–Crippen MR) is 75.7 cm³/mol. The van der Waals surface area contributed by atoms with E-state index in [4.69, 9.17) is 9.16 Å². The Morgan fingerprint density at radius 2 is 1.95 bits per heavy atom. The molecule has 0 aromatic rings. The molecular formula is C13H25NO4Si. The van der Waals surface area contributed by atoms with Crippen LogP contribution in [0.25, 0.3) is 0 Å². The topological polar surface area (TPSA) is 55.8 Å². The Bertz CT molecular complexity index is 357. The third-order valence-corrected chi connectivity index (χ3v) is 3.62. The molecule has 0 N–H and O–H groups in total. The number of nitrogens with zero attached hydrogens (tertiary/aromatic N) is 1. The molecule has 1 amide bonds. The zero-order valence-electron chi connectivity index (χ0n) is 12.8. The third-order valence-electron chi connectivity index (χ3n) is 2.59. The summed E-state index contributed by atoms with van der Waals surface area (Å²) in [6.45, 7) is 12.3. The van der Waals surface area contributed by atoms with Crippen LogP contribution in [0, 0.1) is 0 Å². The summed E-state index contributed by atoms with van der Waals surface area (Å²) in [7, 11) is -1.65. The van der Waals surface area contributed by atoms with Crippen LogP contribution in [0.5, 0.6) is 0 Å². The van der Waals surface area contributed by atoms with Crippen LogP contribution in [0.15, 0.2) is 0 Å². The molecule has 0 saturated carbocycles. The van der Waals surface area contributed by atoms with Gasteiger partial charge in [-0.2, -0.15) is 0 Å². The van der Waals surface area contributed by atoms with Crippen molar-refractivity contribution in [2.75, 3.05) is 13.2 Å².